The van der Waals surface area contributed by atoms with Crippen molar-refractivity contribution in [1.29, 1.82) is 0 Å². The molecule has 19 heavy (non-hydrogen) atoms. The first-order chi connectivity index (χ1) is 9.00. The molecule has 0 aromatic heterocycles. The molecule has 0 heterocycles. The number of amides is 1. The largest absolute Gasteiger partial charge is 0.327 e. The number of aryl methyl sites for hydroxylation is 1. The third-order valence-corrected chi connectivity index (χ3v) is 3.69. The zero-order valence-electron chi connectivity index (χ0n) is 10.9. The van der Waals surface area contributed by atoms with E-state index in [0.717, 1.165) is 25.3 Å². The van der Waals surface area contributed by atoms with Crippen molar-refractivity contribution in [2.75, 3.05) is 5.32 Å². The van der Waals surface area contributed by atoms with E-state index in [1.165, 1.54) is 13.0 Å². The van der Waals surface area contributed by atoms with E-state index < -0.39 is 17.5 Å². The van der Waals surface area contributed by atoms with Crippen LogP contribution in [-0.4, -0.2) is 11.9 Å². The molecule has 0 radical (unpaired) electrons. The minimum absolute atomic E-state index is 0.232. The van der Waals surface area contributed by atoms with Crippen molar-refractivity contribution in [3.05, 3.63) is 29.3 Å². The average molecular weight is 268 g/mol. The summed E-state index contributed by atoms with van der Waals surface area (Å²) in [5.74, 6) is -2.25. The lowest BCUT2D eigenvalue weighted by molar-refractivity contribution is -0.121. The van der Waals surface area contributed by atoms with Crippen LogP contribution >= 0.6 is 0 Å². The van der Waals surface area contributed by atoms with E-state index >= 15 is 0 Å². The highest BCUT2D eigenvalue weighted by Gasteiger charge is 2.29. The lowest BCUT2D eigenvalue weighted by Gasteiger charge is -2.27. The van der Waals surface area contributed by atoms with Gasteiger partial charge in [0.1, 0.15) is 11.5 Å². The third-order valence-electron chi connectivity index (χ3n) is 3.69. The predicted molar refractivity (Wildman–Crippen MR) is 69.7 cm³/mol. The molecule has 1 aliphatic rings. The van der Waals surface area contributed by atoms with Crippen molar-refractivity contribution in [3.63, 3.8) is 0 Å². The molecule has 1 amide bonds. The Morgan fingerprint density at radius 1 is 1.32 bits per heavy atom. The van der Waals surface area contributed by atoms with Gasteiger partial charge in [0.25, 0.3) is 0 Å². The lowest BCUT2D eigenvalue weighted by Crippen LogP contribution is -2.41. The molecule has 3 nitrogen and oxygen atoms in total. The summed E-state index contributed by atoms with van der Waals surface area (Å²) < 4.78 is 27.4. The highest BCUT2D eigenvalue weighted by molar-refractivity contribution is 5.93. The minimum atomic E-state index is -0.763. The summed E-state index contributed by atoms with van der Waals surface area (Å²) in [4.78, 5) is 12.1. The zero-order valence-corrected chi connectivity index (χ0v) is 10.9. The second-order valence-electron chi connectivity index (χ2n) is 5.10. The standard InChI is InChI=1S/C14H18F2N2O/c1-8-6-7-10(15)13(12(8)16)18-14(19)9-4-2-3-5-11(9)17/h6-7,9,11H,2-5,17H2,1H3,(H,18,19). The summed E-state index contributed by atoms with van der Waals surface area (Å²) in [6, 6.07) is 2.26. The molecule has 104 valence electrons. The van der Waals surface area contributed by atoms with Gasteiger partial charge in [-0.2, -0.15) is 0 Å². The monoisotopic (exact) mass is 268 g/mol. The van der Waals surface area contributed by atoms with Gasteiger partial charge in [-0.3, -0.25) is 4.79 Å². The van der Waals surface area contributed by atoms with Gasteiger partial charge in [0.15, 0.2) is 5.82 Å². The van der Waals surface area contributed by atoms with Crippen LogP contribution in [0, 0.1) is 24.5 Å². The lowest BCUT2D eigenvalue weighted by atomic mass is 9.84. The van der Waals surface area contributed by atoms with Crippen LogP contribution in [0.3, 0.4) is 0 Å². The molecule has 0 bridgehead atoms. The van der Waals surface area contributed by atoms with Gasteiger partial charge in [0.2, 0.25) is 5.91 Å². The van der Waals surface area contributed by atoms with E-state index in [0.29, 0.717) is 12.0 Å². The Hall–Kier alpha value is -1.49. The fraction of sp³-hybridized carbons (Fsp3) is 0.500. The van der Waals surface area contributed by atoms with Gasteiger partial charge in [0.05, 0.1) is 5.92 Å². The molecule has 1 saturated carbocycles. The first kappa shape index (κ1) is 13.9. The molecule has 1 fully saturated rings. The van der Waals surface area contributed by atoms with Crippen LogP contribution in [0.4, 0.5) is 14.5 Å². The van der Waals surface area contributed by atoms with Crippen LogP contribution in [0.1, 0.15) is 31.2 Å². The molecule has 2 rings (SSSR count). The maximum Gasteiger partial charge on any atom is 0.229 e. The maximum absolute atomic E-state index is 13.8. The molecule has 0 saturated heterocycles. The van der Waals surface area contributed by atoms with Crippen LogP contribution in [0.2, 0.25) is 0 Å². The smallest absolute Gasteiger partial charge is 0.229 e. The first-order valence-corrected chi connectivity index (χ1v) is 6.51. The number of nitrogens with one attached hydrogen (secondary N) is 1. The molecule has 2 atom stereocenters. The van der Waals surface area contributed by atoms with Gasteiger partial charge in [-0.15, -0.1) is 0 Å². The van der Waals surface area contributed by atoms with Crippen molar-refractivity contribution in [2.45, 2.75) is 38.6 Å². The molecule has 1 aromatic carbocycles. The van der Waals surface area contributed by atoms with E-state index in [9.17, 15) is 13.6 Å². The number of rotatable bonds is 2. The minimum Gasteiger partial charge on any atom is -0.327 e. The number of hydrogen-bond acceptors (Lipinski definition) is 2. The molecule has 1 aliphatic carbocycles. The quantitative estimate of drug-likeness (QED) is 0.866. The van der Waals surface area contributed by atoms with Gasteiger partial charge in [-0.25, -0.2) is 8.78 Å². The molecule has 5 heteroatoms. The SMILES string of the molecule is Cc1ccc(F)c(NC(=O)C2CCCCC2N)c1F. The third kappa shape index (κ3) is 2.92. The van der Waals surface area contributed by atoms with Crippen LogP contribution in [0.25, 0.3) is 0 Å². The topological polar surface area (TPSA) is 55.1 Å². The van der Waals surface area contributed by atoms with E-state index in [4.69, 9.17) is 5.73 Å². The Labute approximate surface area is 111 Å². The van der Waals surface area contributed by atoms with Crippen LogP contribution in [-0.2, 0) is 4.79 Å². The Balaban J connectivity index is 2.17. The van der Waals surface area contributed by atoms with Crippen molar-refractivity contribution in [3.8, 4) is 0 Å². The van der Waals surface area contributed by atoms with Gasteiger partial charge < -0.3 is 11.1 Å². The van der Waals surface area contributed by atoms with E-state index in [1.807, 2.05) is 0 Å². The molecule has 3 N–H and O–H groups in total. The van der Waals surface area contributed by atoms with Crippen LogP contribution < -0.4 is 11.1 Å². The molecule has 0 aliphatic heterocycles. The van der Waals surface area contributed by atoms with E-state index in [1.54, 1.807) is 0 Å². The second-order valence-corrected chi connectivity index (χ2v) is 5.10. The van der Waals surface area contributed by atoms with Crippen molar-refractivity contribution in [1.82, 2.24) is 0 Å². The number of carbonyl (C=O) groups is 1. The molecular weight excluding hydrogens is 250 g/mol. The Morgan fingerprint density at radius 2 is 2.00 bits per heavy atom. The molecular formula is C14H18F2N2O. The Bertz CT molecular complexity index is 491. The fourth-order valence-electron chi connectivity index (χ4n) is 2.47. The Kier molecular flexibility index (Phi) is 4.14. The van der Waals surface area contributed by atoms with E-state index in [-0.39, 0.29) is 17.6 Å². The maximum atomic E-state index is 13.8. The number of anilines is 1. The highest BCUT2D eigenvalue weighted by Crippen LogP contribution is 2.27. The van der Waals surface area contributed by atoms with Crippen molar-refractivity contribution < 1.29 is 13.6 Å². The highest BCUT2D eigenvalue weighted by atomic mass is 19.1. The number of hydrogen-bond donors (Lipinski definition) is 2. The number of halogens is 2. The summed E-state index contributed by atoms with van der Waals surface area (Å²) in [6.07, 6.45) is 3.36. The summed E-state index contributed by atoms with van der Waals surface area (Å²) in [6.45, 7) is 1.52. The molecule has 2 unspecified atom stereocenters. The van der Waals surface area contributed by atoms with Crippen LogP contribution in [0.5, 0.6) is 0 Å². The number of nitrogens with two attached hydrogens (primary N) is 1. The van der Waals surface area contributed by atoms with Crippen molar-refractivity contribution >= 4 is 11.6 Å². The number of carbonyl (C=O) groups excluding carboxylic acids is 1. The summed E-state index contributed by atoms with van der Waals surface area (Å²) in [5, 5.41) is 2.35. The van der Waals surface area contributed by atoms with Gasteiger partial charge in [0, 0.05) is 6.04 Å². The van der Waals surface area contributed by atoms with E-state index in [2.05, 4.69) is 5.32 Å². The average Bonchev–Trinajstić information content (AvgIpc) is 2.39. The Morgan fingerprint density at radius 3 is 2.68 bits per heavy atom. The summed E-state index contributed by atoms with van der Waals surface area (Å²) in [5.41, 5.74) is 5.81. The fourth-order valence-corrected chi connectivity index (χ4v) is 2.47. The van der Waals surface area contributed by atoms with Gasteiger partial charge >= 0.3 is 0 Å². The van der Waals surface area contributed by atoms with Crippen LogP contribution in [0.15, 0.2) is 12.1 Å². The number of benzene rings is 1. The zero-order chi connectivity index (χ0) is 14.0. The normalized spacial score (nSPS) is 23.2. The predicted octanol–water partition coefficient (Wildman–Crippen LogP) is 2.73. The van der Waals surface area contributed by atoms with Gasteiger partial charge in [-0.05, 0) is 31.4 Å². The first-order valence-electron chi connectivity index (χ1n) is 6.51. The second kappa shape index (κ2) is 5.65. The summed E-state index contributed by atoms with van der Waals surface area (Å²) in [7, 11) is 0. The van der Waals surface area contributed by atoms with Gasteiger partial charge in [-0.1, -0.05) is 18.9 Å². The molecule has 1 aromatic rings. The van der Waals surface area contributed by atoms with Crippen molar-refractivity contribution in [2.24, 2.45) is 11.7 Å². The summed E-state index contributed by atoms with van der Waals surface area (Å²) >= 11 is 0. The molecule has 0 spiro atoms.